The van der Waals surface area contributed by atoms with Crippen LogP contribution in [0.25, 0.3) is 0 Å². The maximum atomic E-state index is 11.8. The molecule has 3 unspecified atom stereocenters. The van der Waals surface area contributed by atoms with Crippen LogP contribution in [0.1, 0.15) is 25.7 Å². The molecule has 0 rings (SSSR count). The van der Waals surface area contributed by atoms with E-state index in [4.69, 9.17) is 10.5 Å². The van der Waals surface area contributed by atoms with Crippen LogP contribution < -0.4 is 37.6 Å². The predicted octanol–water partition coefficient (Wildman–Crippen LogP) is -6.13. The molecule has 0 heterocycles. The summed E-state index contributed by atoms with van der Waals surface area (Å²) in [5, 5.41) is 28.7. The third-order valence-corrected chi connectivity index (χ3v) is 3.46. The highest BCUT2D eigenvalue weighted by Gasteiger charge is 2.18. The zero-order chi connectivity index (χ0) is 20.1. The van der Waals surface area contributed by atoms with Gasteiger partial charge in [-0.3, -0.25) is 14.4 Å². The summed E-state index contributed by atoms with van der Waals surface area (Å²) >= 11 is 0. The summed E-state index contributed by atoms with van der Waals surface area (Å²) < 4.78 is 4.75. The molecule has 3 amide bonds. The van der Waals surface area contributed by atoms with Crippen molar-refractivity contribution in [3.05, 3.63) is 0 Å². The SMILES string of the molecule is CNC(CCNC(=O)CC(NC(=O)CCC([NH3+])C(=O)[O-])OC[O-])C(N)=O. The number of carbonyl (C=O) groups excluding carboxylic acids is 4. The third-order valence-electron chi connectivity index (χ3n) is 3.46. The van der Waals surface area contributed by atoms with Crippen molar-refractivity contribution in [2.45, 2.75) is 44.0 Å². The van der Waals surface area contributed by atoms with E-state index in [0.717, 1.165) is 0 Å². The molecule has 8 N–H and O–H groups in total. The lowest BCUT2D eigenvalue weighted by Gasteiger charge is -2.21. The summed E-state index contributed by atoms with van der Waals surface area (Å²) in [6, 6.07) is -1.64. The number of aliphatic carboxylic acids is 1. The van der Waals surface area contributed by atoms with Crippen molar-refractivity contribution in [2.75, 3.05) is 20.4 Å². The Hall–Kier alpha value is -2.28. The predicted molar refractivity (Wildman–Crippen MR) is 83.1 cm³/mol. The summed E-state index contributed by atoms with van der Waals surface area (Å²) in [4.78, 5) is 45.1. The topological polar surface area (TPSA) is 213 Å². The lowest BCUT2D eigenvalue weighted by molar-refractivity contribution is -0.438. The van der Waals surface area contributed by atoms with E-state index >= 15 is 0 Å². The normalized spacial score (nSPS) is 14.1. The molecule has 26 heavy (non-hydrogen) atoms. The minimum atomic E-state index is -1.37. The Balaban J connectivity index is 4.31. The van der Waals surface area contributed by atoms with Gasteiger partial charge >= 0.3 is 0 Å². The Kier molecular flexibility index (Phi) is 11.9. The number of likely N-dealkylation sites (N-methyl/N-ethyl adjacent to an activating group) is 1. The highest BCUT2D eigenvalue weighted by atomic mass is 16.6. The van der Waals surface area contributed by atoms with Gasteiger partial charge in [0.2, 0.25) is 17.7 Å². The fraction of sp³-hybridized carbons (Fsp3) is 0.714. The quantitative estimate of drug-likeness (QED) is 0.183. The van der Waals surface area contributed by atoms with Gasteiger partial charge in [0.15, 0.2) is 0 Å². The van der Waals surface area contributed by atoms with E-state index in [1.165, 1.54) is 0 Å². The maximum Gasteiger partial charge on any atom is 0.234 e. The second kappa shape index (κ2) is 13.0. The van der Waals surface area contributed by atoms with Gasteiger partial charge in [0.05, 0.1) is 18.4 Å². The van der Waals surface area contributed by atoms with Gasteiger partial charge in [-0.15, -0.1) is 0 Å². The molecule has 0 saturated carbocycles. The van der Waals surface area contributed by atoms with E-state index in [9.17, 15) is 29.4 Å². The van der Waals surface area contributed by atoms with Gasteiger partial charge in [-0.1, -0.05) is 0 Å². The van der Waals surface area contributed by atoms with Crippen molar-refractivity contribution in [2.24, 2.45) is 5.73 Å². The number of nitrogens with one attached hydrogen (secondary N) is 3. The van der Waals surface area contributed by atoms with Crippen molar-refractivity contribution >= 4 is 23.7 Å². The first-order valence-electron chi connectivity index (χ1n) is 7.97. The summed E-state index contributed by atoms with van der Waals surface area (Å²) in [5.41, 5.74) is 8.46. The molecule has 0 aromatic carbocycles. The highest BCUT2D eigenvalue weighted by Crippen LogP contribution is 1.99. The van der Waals surface area contributed by atoms with Crippen LogP contribution in [-0.4, -0.2) is 62.4 Å². The number of carbonyl (C=O) groups is 4. The standard InChI is InChI=1S/C14H26N5O7/c1-17-9(13(16)23)4-5-18-11(22)6-12(26-7-20)19-10(21)3-2-8(15)14(24)25/h8-9,12,17H,2-7,15H2,1H3,(H2,16,23)(H,18,22)(H,19,21)(H,24,25)/q-1. The van der Waals surface area contributed by atoms with E-state index in [1.54, 1.807) is 7.05 Å². The van der Waals surface area contributed by atoms with E-state index in [-0.39, 0.29) is 32.2 Å². The van der Waals surface area contributed by atoms with Gasteiger partial charge in [-0.2, -0.15) is 0 Å². The zero-order valence-electron chi connectivity index (χ0n) is 14.6. The van der Waals surface area contributed by atoms with Crippen LogP contribution in [0, 0.1) is 0 Å². The molecule has 150 valence electrons. The molecule has 12 heteroatoms. The number of rotatable bonds is 14. The Morgan fingerprint density at radius 2 is 1.85 bits per heavy atom. The summed E-state index contributed by atoms with van der Waals surface area (Å²) in [5.74, 6) is -3.02. The van der Waals surface area contributed by atoms with Gasteiger partial charge in [-0.05, 0) is 20.3 Å². The third kappa shape index (κ3) is 10.6. The van der Waals surface area contributed by atoms with Gasteiger partial charge in [0.1, 0.15) is 12.3 Å². The molecule has 0 aliphatic carbocycles. The Morgan fingerprint density at radius 3 is 2.35 bits per heavy atom. The van der Waals surface area contributed by atoms with Crippen molar-refractivity contribution < 1.29 is 39.9 Å². The first-order chi connectivity index (χ1) is 12.2. The molecule has 12 nitrogen and oxygen atoms in total. The number of quaternary nitrogens is 1. The number of primary amides is 1. The van der Waals surface area contributed by atoms with Crippen LogP contribution in [0.3, 0.4) is 0 Å². The molecule has 0 aliphatic rings. The number of ether oxygens (including phenoxy) is 1. The lowest BCUT2D eigenvalue weighted by Crippen LogP contribution is -2.68. The van der Waals surface area contributed by atoms with E-state index < -0.39 is 48.8 Å². The fourth-order valence-corrected chi connectivity index (χ4v) is 1.93. The van der Waals surface area contributed by atoms with Gasteiger partial charge in [0, 0.05) is 19.4 Å². The van der Waals surface area contributed by atoms with Crippen LogP contribution in [-0.2, 0) is 23.9 Å². The fourth-order valence-electron chi connectivity index (χ4n) is 1.93. The number of carboxylic acid groups (broad SMARTS) is 1. The minimum absolute atomic E-state index is 0.0526. The van der Waals surface area contributed by atoms with Crippen molar-refractivity contribution in [3.63, 3.8) is 0 Å². The Morgan fingerprint density at radius 1 is 1.19 bits per heavy atom. The molecule has 0 radical (unpaired) electrons. The first kappa shape index (κ1) is 23.7. The molecule has 0 bridgehead atoms. The summed E-state index contributed by atoms with van der Waals surface area (Å²) in [6.07, 6.45) is -1.43. The van der Waals surface area contributed by atoms with Crippen molar-refractivity contribution in [1.82, 2.24) is 16.0 Å². The monoisotopic (exact) mass is 376 g/mol. The van der Waals surface area contributed by atoms with E-state index in [1.807, 2.05) is 0 Å². The molecular formula is C14H26N5O7-. The van der Waals surface area contributed by atoms with Crippen molar-refractivity contribution in [1.29, 1.82) is 0 Å². The van der Waals surface area contributed by atoms with Crippen LogP contribution in [0.2, 0.25) is 0 Å². The number of hydrogen-bond acceptors (Lipinski definition) is 8. The lowest BCUT2D eigenvalue weighted by atomic mass is 10.1. The molecular weight excluding hydrogens is 350 g/mol. The van der Waals surface area contributed by atoms with Crippen molar-refractivity contribution in [3.8, 4) is 0 Å². The Labute approximate surface area is 150 Å². The second-order valence-electron chi connectivity index (χ2n) is 5.48. The van der Waals surface area contributed by atoms with Crippen LogP contribution in [0.5, 0.6) is 0 Å². The average Bonchev–Trinajstić information content (AvgIpc) is 2.56. The second-order valence-corrected chi connectivity index (χ2v) is 5.48. The molecule has 0 aromatic heterocycles. The average molecular weight is 376 g/mol. The van der Waals surface area contributed by atoms with Gasteiger partial charge in [-0.25, -0.2) is 0 Å². The minimum Gasteiger partial charge on any atom is -0.834 e. The number of nitrogens with two attached hydrogens (primary N) is 1. The van der Waals surface area contributed by atoms with E-state index in [0.29, 0.717) is 0 Å². The smallest absolute Gasteiger partial charge is 0.234 e. The number of hydrogen-bond donors (Lipinski definition) is 5. The molecule has 0 spiro atoms. The van der Waals surface area contributed by atoms with Gasteiger partial charge < -0.3 is 47.2 Å². The number of carboxylic acids is 1. The molecule has 3 atom stereocenters. The van der Waals surface area contributed by atoms with Crippen LogP contribution in [0.4, 0.5) is 0 Å². The summed E-state index contributed by atoms with van der Waals surface area (Å²) in [6.45, 7) is -0.821. The number of amides is 3. The summed E-state index contributed by atoms with van der Waals surface area (Å²) in [7, 11) is 1.56. The Bertz CT molecular complexity index is 488. The van der Waals surface area contributed by atoms with Gasteiger partial charge in [0.25, 0.3) is 0 Å². The maximum absolute atomic E-state index is 11.8. The largest absolute Gasteiger partial charge is 0.834 e. The van der Waals surface area contributed by atoms with Crippen LogP contribution in [0.15, 0.2) is 0 Å². The molecule has 0 aliphatic heterocycles. The zero-order valence-corrected chi connectivity index (χ0v) is 14.6. The highest BCUT2D eigenvalue weighted by molar-refractivity contribution is 5.81. The first-order valence-corrected chi connectivity index (χ1v) is 7.97. The molecule has 0 fully saturated rings. The molecule has 0 saturated heterocycles. The van der Waals surface area contributed by atoms with Crippen LogP contribution >= 0.6 is 0 Å². The molecule has 0 aromatic rings. The van der Waals surface area contributed by atoms with E-state index in [2.05, 4.69) is 21.7 Å².